The second-order valence-electron chi connectivity index (χ2n) is 6.43. The Bertz CT molecular complexity index is 534. The van der Waals surface area contributed by atoms with Gasteiger partial charge < -0.3 is 10.2 Å². The van der Waals surface area contributed by atoms with E-state index in [2.05, 4.69) is 11.9 Å². The molecule has 0 bridgehead atoms. The van der Waals surface area contributed by atoms with Crippen LogP contribution in [0.25, 0.3) is 0 Å². The molecule has 0 unspecified atom stereocenters. The smallest absolute Gasteiger partial charge is 0.264 e. The van der Waals surface area contributed by atoms with Crippen molar-refractivity contribution in [2.45, 2.75) is 65.4 Å². The lowest BCUT2D eigenvalue weighted by molar-refractivity contribution is -0.0593. The molecule has 0 spiro atoms. The minimum absolute atomic E-state index is 0.175. The lowest BCUT2D eigenvalue weighted by Gasteiger charge is -2.40. The number of alkyl halides is 2. The molecule has 1 aromatic carbocycles. The first kappa shape index (κ1) is 19.6. The predicted molar refractivity (Wildman–Crippen MR) is 89.9 cm³/mol. The molecular weight excluding hydrogens is 300 g/mol. The summed E-state index contributed by atoms with van der Waals surface area (Å²) in [6.07, 6.45) is 3.53. The molecule has 130 valence electrons. The number of phenolic OH excluding ortho intramolecular Hbond substituents is 1. The zero-order valence-corrected chi connectivity index (χ0v) is 14.3. The van der Waals surface area contributed by atoms with Crippen LogP contribution in [0.5, 0.6) is 5.75 Å². The quantitative estimate of drug-likeness (QED) is 0.737. The van der Waals surface area contributed by atoms with Gasteiger partial charge in [-0.2, -0.15) is 0 Å². The van der Waals surface area contributed by atoms with Gasteiger partial charge >= 0.3 is 0 Å². The van der Waals surface area contributed by atoms with E-state index in [1.54, 1.807) is 13.8 Å². The number of phenols is 1. The summed E-state index contributed by atoms with van der Waals surface area (Å²) in [7, 11) is 0. The van der Waals surface area contributed by atoms with Gasteiger partial charge in [0.2, 0.25) is 0 Å². The van der Waals surface area contributed by atoms with Gasteiger partial charge in [0.05, 0.1) is 11.3 Å². The molecule has 0 saturated heterocycles. The normalized spacial score (nSPS) is 23.6. The molecule has 1 aromatic rings. The van der Waals surface area contributed by atoms with Crippen LogP contribution in [-0.2, 0) is 0 Å². The van der Waals surface area contributed by atoms with Crippen LogP contribution in [0.2, 0.25) is 0 Å². The molecule has 23 heavy (non-hydrogen) atoms. The first-order valence-electron chi connectivity index (χ1n) is 8.03. The lowest BCUT2D eigenvalue weighted by atomic mass is 9.70. The zero-order valence-electron chi connectivity index (χ0n) is 14.3. The summed E-state index contributed by atoms with van der Waals surface area (Å²) in [6.45, 7) is 7.38. The van der Waals surface area contributed by atoms with Crippen molar-refractivity contribution >= 4 is 11.9 Å². The topological polar surface area (TPSA) is 52.8 Å². The maximum absolute atomic E-state index is 12.5. The molecule has 0 aliphatic heterocycles. The Morgan fingerprint density at radius 2 is 2.00 bits per heavy atom. The molecule has 3 nitrogen and oxygen atoms in total. The molecule has 2 rings (SSSR count). The Balaban J connectivity index is 0.000000253. The van der Waals surface area contributed by atoms with Crippen LogP contribution >= 0.6 is 0 Å². The highest BCUT2D eigenvalue weighted by Gasteiger charge is 2.37. The van der Waals surface area contributed by atoms with Gasteiger partial charge in [-0.15, -0.1) is 0 Å². The first-order chi connectivity index (χ1) is 10.7. The number of hydrogen-bond donors (Lipinski definition) is 2. The number of aliphatic hydroxyl groups is 1. The maximum Gasteiger partial charge on any atom is 0.264 e. The predicted octanol–water partition coefficient (Wildman–Crippen LogP) is 5.31. The van der Waals surface area contributed by atoms with Gasteiger partial charge in [-0.1, -0.05) is 19.8 Å². The molecule has 1 aliphatic carbocycles. The highest BCUT2D eigenvalue weighted by molar-refractivity contribution is 5.64. The third-order valence-corrected chi connectivity index (χ3v) is 4.06. The van der Waals surface area contributed by atoms with Gasteiger partial charge in [0.1, 0.15) is 5.75 Å². The van der Waals surface area contributed by atoms with Crippen molar-refractivity contribution in [3.63, 3.8) is 0 Å². The SMILES string of the molecule is CC=Nc1cc(O)cc(C(F)F)c1C.CCCC1CC(C)(O)C1. The van der Waals surface area contributed by atoms with Crippen molar-refractivity contribution in [3.8, 4) is 5.75 Å². The summed E-state index contributed by atoms with van der Waals surface area (Å²) < 4.78 is 24.9. The van der Waals surface area contributed by atoms with E-state index in [0.717, 1.165) is 24.8 Å². The van der Waals surface area contributed by atoms with Crippen molar-refractivity contribution in [2.75, 3.05) is 0 Å². The van der Waals surface area contributed by atoms with Gasteiger partial charge in [0.15, 0.2) is 0 Å². The van der Waals surface area contributed by atoms with Crippen molar-refractivity contribution in [2.24, 2.45) is 10.9 Å². The second-order valence-corrected chi connectivity index (χ2v) is 6.43. The number of rotatable bonds is 4. The summed E-state index contributed by atoms with van der Waals surface area (Å²) in [6, 6.07) is 2.43. The van der Waals surface area contributed by atoms with Crippen molar-refractivity contribution in [3.05, 3.63) is 23.3 Å². The largest absolute Gasteiger partial charge is 0.508 e. The minimum Gasteiger partial charge on any atom is -0.508 e. The molecule has 0 heterocycles. The van der Waals surface area contributed by atoms with E-state index < -0.39 is 6.43 Å². The van der Waals surface area contributed by atoms with Gasteiger partial charge in [-0.3, -0.25) is 4.99 Å². The second kappa shape index (κ2) is 8.39. The van der Waals surface area contributed by atoms with Crippen LogP contribution in [0.1, 0.15) is 64.0 Å². The molecule has 5 heteroatoms. The molecule has 0 atom stereocenters. The molecule has 2 N–H and O–H groups in total. The van der Waals surface area contributed by atoms with E-state index in [-0.39, 0.29) is 16.9 Å². The molecule has 1 saturated carbocycles. The van der Waals surface area contributed by atoms with Gasteiger partial charge in [-0.05, 0) is 51.2 Å². The zero-order chi connectivity index (χ0) is 17.6. The summed E-state index contributed by atoms with van der Waals surface area (Å²) >= 11 is 0. The van der Waals surface area contributed by atoms with Crippen LogP contribution in [-0.4, -0.2) is 22.0 Å². The van der Waals surface area contributed by atoms with E-state index in [4.69, 9.17) is 0 Å². The van der Waals surface area contributed by atoms with E-state index in [1.807, 2.05) is 6.92 Å². The van der Waals surface area contributed by atoms with Crippen molar-refractivity contribution in [1.82, 2.24) is 0 Å². The summed E-state index contributed by atoms with van der Waals surface area (Å²) in [4.78, 5) is 3.89. The minimum atomic E-state index is -2.59. The number of aliphatic imine (C=N–C) groups is 1. The average molecular weight is 327 g/mol. The fourth-order valence-corrected chi connectivity index (χ4v) is 3.00. The number of halogens is 2. The molecule has 1 aliphatic rings. The van der Waals surface area contributed by atoms with Crippen LogP contribution in [0.3, 0.4) is 0 Å². The molecule has 1 fully saturated rings. The number of benzene rings is 1. The lowest BCUT2D eigenvalue weighted by Crippen LogP contribution is -2.40. The van der Waals surface area contributed by atoms with Gasteiger partial charge in [0.25, 0.3) is 6.43 Å². The Kier molecular flexibility index (Phi) is 7.13. The third kappa shape index (κ3) is 5.90. The Morgan fingerprint density at radius 3 is 2.43 bits per heavy atom. The van der Waals surface area contributed by atoms with Crippen molar-refractivity contribution < 1.29 is 19.0 Å². The highest BCUT2D eigenvalue weighted by atomic mass is 19.3. The van der Waals surface area contributed by atoms with E-state index in [0.29, 0.717) is 11.3 Å². The van der Waals surface area contributed by atoms with Gasteiger partial charge in [0, 0.05) is 17.8 Å². The number of nitrogens with zero attached hydrogens (tertiary/aromatic N) is 1. The molecule has 0 amide bonds. The van der Waals surface area contributed by atoms with E-state index in [1.165, 1.54) is 25.1 Å². The third-order valence-electron chi connectivity index (χ3n) is 4.06. The molecule has 0 aromatic heterocycles. The fraction of sp³-hybridized carbons (Fsp3) is 0.611. The summed E-state index contributed by atoms with van der Waals surface area (Å²) in [5.74, 6) is 0.636. The monoisotopic (exact) mass is 327 g/mol. The average Bonchev–Trinajstić information content (AvgIpc) is 2.41. The summed E-state index contributed by atoms with van der Waals surface area (Å²) in [5, 5.41) is 18.5. The van der Waals surface area contributed by atoms with Gasteiger partial charge in [-0.25, -0.2) is 8.78 Å². The fourth-order valence-electron chi connectivity index (χ4n) is 3.00. The Morgan fingerprint density at radius 1 is 1.39 bits per heavy atom. The number of hydrogen-bond acceptors (Lipinski definition) is 3. The maximum atomic E-state index is 12.5. The van der Waals surface area contributed by atoms with Crippen LogP contribution in [0, 0.1) is 12.8 Å². The summed E-state index contributed by atoms with van der Waals surface area (Å²) in [5.41, 5.74) is 0.295. The standard InChI is InChI=1S/C10H11F2NO.C8H16O/c1-3-13-9-5-7(14)4-8(6(9)2)10(11)12;1-3-4-7-5-8(2,9)6-7/h3-5,10,14H,1-2H3;7,9H,3-6H2,1-2H3. The van der Waals surface area contributed by atoms with E-state index >= 15 is 0 Å². The van der Waals surface area contributed by atoms with Crippen molar-refractivity contribution in [1.29, 1.82) is 0 Å². The molecule has 0 radical (unpaired) electrons. The van der Waals surface area contributed by atoms with Crippen LogP contribution < -0.4 is 0 Å². The molecular formula is C18H27F2NO2. The van der Waals surface area contributed by atoms with Crippen LogP contribution in [0.4, 0.5) is 14.5 Å². The Labute approximate surface area is 137 Å². The number of aromatic hydroxyl groups is 1. The highest BCUT2D eigenvalue weighted by Crippen LogP contribution is 2.39. The Hall–Kier alpha value is -1.49. The van der Waals surface area contributed by atoms with Crippen LogP contribution in [0.15, 0.2) is 17.1 Å². The first-order valence-corrected chi connectivity index (χ1v) is 8.03. The van der Waals surface area contributed by atoms with E-state index in [9.17, 15) is 19.0 Å².